The van der Waals surface area contributed by atoms with Crippen LogP contribution in [0.1, 0.15) is 17.2 Å². The van der Waals surface area contributed by atoms with E-state index in [1.807, 2.05) is 48.3 Å². The van der Waals surface area contributed by atoms with Gasteiger partial charge in [0.1, 0.15) is 0 Å². The second-order valence-corrected chi connectivity index (χ2v) is 5.40. The van der Waals surface area contributed by atoms with Crippen LogP contribution in [0.5, 0.6) is 0 Å². The molecule has 1 atom stereocenters. The van der Waals surface area contributed by atoms with Gasteiger partial charge in [-0.15, -0.1) is 0 Å². The van der Waals surface area contributed by atoms with Crippen LogP contribution in [0.25, 0.3) is 0 Å². The molecular weight excluding hydrogens is 272 g/mol. The van der Waals surface area contributed by atoms with Gasteiger partial charge in [0, 0.05) is 23.8 Å². The van der Waals surface area contributed by atoms with E-state index in [1.54, 1.807) is 12.1 Å². The molecule has 0 aliphatic heterocycles. The number of halogens is 1. The number of nitrogen functional groups attached to an aromatic ring is 1. The highest BCUT2D eigenvalue weighted by atomic mass is 35.5. The van der Waals surface area contributed by atoms with Gasteiger partial charge in [-0.2, -0.15) is 0 Å². The van der Waals surface area contributed by atoms with E-state index in [1.165, 1.54) is 0 Å². The summed E-state index contributed by atoms with van der Waals surface area (Å²) in [5, 5.41) is 10.9. The van der Waals surface area contributed by atoms with E-state index < -0.39 is 6.10 Å². The highest BCUT2D eigenvalue weighted by molar-refractivity contribution is 6.30. The molecule has 2 aromatic carbocycles. The third-order valence-electron chi connectivity index (χ3n) is 3.23. The summed E-state index contributed by atoms with van der Waals surface area (Å²) in [5.41, 5.74) is 8.63. The first-order valence-electron chi connectivity index (χ1n) is 6.51. The van der Waals surface area contributed by atoms with Gasteiger partial charge in [0.15, 0.2) is 0 Å². The number of likely N-dealkylation sites (N-methyl/N-ethyl adjacent to an activating group) is 1. The van der Waals surface area contributed by atoms with E-state index in [-0.39, 0.29) is 0 Å². The van der Waals surface area contributed by atoms with Crippen LogP contribution in [0, 0.1) is 0 Å². The molecule has 4 heteroatoms. The summed E-state index contributed by atoms with van der Waals surface area (Å²) in [4.78, 5) is 2.05. The van der Waals surface area contributed by atoms with E-state index in [0.29, 0.717) is 18.1 Å². The molecule has 1 unspecified atom stereocenters. The lowest BCUT2D eigenvalue weighted by molar-refractivity contribution is 0.124. The molecule has 0 saturated heterocycles. The number of nitrogens with zero attached hydrogens (tertiary/aromatic N) is 1. The molecule has 3 N–H and O–H groups in total. The lowest BCUT2D eigenvalue weighted by Crippen LogP contribution is -2.24. The Morgan fingerprint density at radius 1 is 1.15 bits per heavy atom. The van der Waals surface area contributed by atoms with Gasteiger partial charge in [-0.1, -0.05) is 41.9 Å². The van der Waals surface area contributed by atoms with Crippen LogP contribution < -0.4 is 5.73 Å². The van der Waals surface area contributed by atoms with Crippen molar-refractivity contribution in [3.05, 3.63) is 64.7 Å². The highest BCUT2D eigenvalue weighted by Gasteiger charge is 2.11. The maximum Gasteiger partial charge on any atom is 0.0916 e. The standard InChI is InChI=1S/C16H19ClN2O/c1-19(10-13-4-2-3-5-15(13)18)11-16(20)12-6-8-14(17)9-7-12/h2-9,16,20H,10-11,18H2,1H3. The van der Waals surface area contributed by atoms with E-state index in [4.69, 9.17) is 17.3 Å². The fourth-order valence-corrected chi connectivity index (χ4v) is 2.25. The topological polar surface area (TPSA) is 49.5 Å². The van der Waals surface area contributed by atoms with Crippen LogP contribution in [-0.4, -0.2) is 23.6 Å². The molecule has 0 heterocycles. The van der Waals surface area contributed by atoms with Gasteiger partial charge in [0.05, 0.1) is 6.10 Å². The molecule has 0 spiro atoms. The number of para-hydroxylation sites is 1. The van der Waals surface area contributed by atoms with Crippen molar-refractivity contribution in [2.24, 2.45) is 0 Å². The summed E-state index contributed by atoms with van der Waals surface area (Å²) in [7, 11) is 1.96. The van der Waals surface area contributed by atoms with Crippen molar-refractivity contribution in [2.45, 2.75) is 12.6 Å². The fraction of sp³-hybridized carbons (Fsp3) is 0.250. The number of anilines is 1. The molecule has 3 nitrogen and oxygen atoms in total. The predicted molar refractivity (Wildman–Crippen MR) is 83.6 cm³/mol. The van der Waals surface area contributed by atoms with Gasteiger partial charge in [-0.05, 0) is 36.4 Å². The van der Waals surface area contributed by atoms with E-state index >= 15 is 0 Å². The maximum atomic E-state index is 10.2. The Hall–Kier alpha value is -1.55. The summed E-state index contributed by atoms with van der Waals surface area (Å²) in [6.07, 6.45) is -0.540. The Balaban J connectivity index is 1.96. The molecule has 0 bridgehead atoms. The number of nitrogens with two attached hydrogens (primary N) is 1. The Labute approximate surface area is 124 Å². The summed E-state index contributed by atoms with van der Waals surface area (Å²) >= 11 is 5.84. The van der Waals surface area contributed by atoms with Crippen molar-refractivity contribution in [2.75, 3.05) is 19.3 Å². The molecule has 0 aromatic heterocycles. The van der Waals surface area contributed by atoms with Gasteiger partial charge < -0.3 is 10.8 Å². The highest BCUT2D eigenvalue weighted by Crippen LogP contribution is 2.19. The predicted octanol–water partition coefficient (Wildman–Crippen LogP) is 3.09. The smallest absolute Gasteiger partial charge is 0.0916 e. The number of hydrogen-bond donors (Lipinski definition) is 2. The van der Waals surface area contributed by atoms with Crippen molar-refractivity contribution < 1.29 is 5.11 Å². The van der Waals surface area contributed by atoms with Crippen LogP contribution in [-0.2, 0) is 6.54 Å². The largest absolute Gasteiger partial charge is 0.398 e. The fourth-order valence-electron chi connectivity index (χ4n) is 2.12. The first-order valence-corrected chi connectivity index (χ1v) is 6.89. The zero-order valence-electron chi connectivity index (χ0n) is 11.5. The normalized spacial score (nSPS) is 12.6. The van der Waals surface area contributed by atoms with Crippen molar-refractivity contribution in [1.82, 2.24) is 4.90 Å². The van der Waals surface area contributed by atoms with E-state index in [0.717, 1.165) is 16.8 Å². The van der Waals surface area contributed by atoms with Crippen LogP contribution in [0.15, 0.2) is 48.5 Å². The van der Waals surface area contributed by atoms with Gasteiger partial charge in [0.25, 0.3) is 0 Å². The second kappa shape index (κ2) is 6.75. The SMILES string of the molecule is CN(Cc1ccccc1N)CC(O)c1ccc(Cl)cc1. The van der Waals surface area contributed by atoms with Gasteiger partial charge in [-0.3, -0.25) is 4.90 Å². The molecule has 0 amide bonds. The second-order valence-electron chi connectivity index (χ2n) is 4.96. The lowest BCUT2D eigenvalue weighted by Gasteiger charge is -2.21. The number of benzene rings is 2. The Morgan fingerprint density at radius 3 is 2.45 bits per heavy atom. The average Bonchev–Trinajstić information content (AvgIpc) is 2.42. The molecule has 0 fully saturated rings. The third kappa shape index (κ3) is 3.97. The lowest BCUT2D eigenvalue weighted by atomic mass is 10.1. The van der Waals surface area contributed by atoms with Gasteiger partial charge in [0.2, 0.25) is 0 Å². The quantitative estimate of drug-likeness (QED) is 0.832. The third-order valence-corrected chi connectivity index (χ3v) is 3.49. The zero-order chi connectivity index (χ0) is 14.5. The summed E-state index contributed by atoms with van der Waals surface area (Å²) in [6, 6.07) is 15.0. The Bertz CT molecular complexity index is 557. The summed E-state index contributed by atoms with van der Waals surface area (Å²) in [6.45, 7) is 1.24. The minimum atomic E-state index is -0.540. The molecule has 20 heavy (non-hydrogen) atoms. The van der Waals surface area contributed by atoms with Crippen molar-refractivity contribution in [1.29, 1.82) is 0 Å². The average molecular weight is 291 g/mol. The number of hydrogen-bond acceptors (Lipinski definition) is 3. The molecule has 0 radical (unpaired) electrons. The summed E-state index contributed by atoms with van der Waals surface area (Å²) in [5.74, 6) is 0. The number of rotatable bonds is 5. The first-order chi connectivity index (χ1) is 9.56. The maximum absolute atomic E-state index is 10.2. The van der Waals surface area contributed by atoms with E-state index in [2.05, 4.69) is 0 Å². The number of aliphatic hydroxyl groups excluding tert-OH is 1. The molecule has 0 aliphatic rings. The molecule has 0 saturated carbocycles. The van der Waals surface area contributed by atoms with Crippen molar-refractivity contribution >= 4 is 17.3 Å². The molecule has 2 rings (SSSR count). The van der Waals surface area contributed by atoms with Gasteiger partial charge in [-0.25, -0.2) is 0 Å². The molecule has 2 aromatic rings. The summed E-state index contributed by atoms with van der Waals surface area (Å²) < 4.78 is 0. The van der Waals surface area contributed by atoms with Crippen LogP contribution in [0.2, 0.25) is 5.02 Å². The van der Waals surface area contributed by atoms with Crippen molar-refractivity contribution in [3.8, 4) is 0 Å². The number of aliphatic hydroxyl groups is 1. The molecule has 106 valence electrons. The van der Waals surface area contributed by atoms with Crippen LogP contribution in [0.4, 0.5) is 5.69 Å². The van der Waals surface area contributed by atoms with Crippen molar-refractivity contribution in [3.63, 3.8) is 0 Å². The van der Waals surface area contributed by atoms with Gasteiger partial charge >= 0.3 is 0 Å². The zero-order valence-corrected chi connectivity index (χ0v) is 12.2. The van der Waals surface area contributed by atoms with Crippen LogP contribution >= 0.6 is 11.6 Å². The van der Waals surface area contributed by atoms with E-state index in [9.17, 15) is 5.11 Å². The minimum Gasteiger partial charge on any atom is -0.398 e. The molecule has 0 aliphatic carbocycles. The minimum absolute atomic E-state index is 0.538. The monoisotopic (exact) mass is 290 g/mol. The molecular formula is C16H19ClN2O. The van der Waals surface area contributed by atoms with Crippen LogP contribution in [0.3, 0.4) is 0 Å². The first kappa shape index (κ1) is 14.9. The Kier molecular flexibility index (Phi) is 5.01. The Morgan fingerprint density at radius 2 is 1.80 bits per heavy atom.